The molecule has 1 aromatic rings. The second-order valence-electron chi connectivity index (χ2n) is 2.38. The first kappa shape index (κ1) is 10.4. The van der Waals surface area contributed by atoms with Crippen LogP contribution in [0.3, 0.4) is 0 Å². The number of rotatable bonds is 3. The minimum absolute atomic E-state index is 0.0463. The first-order chi connectivity index (χ1) is 6.52. The van der Waals surface area contributed by atoms with Gasteiger partial charge in [0.05, 0.1) is 11.9 Å². The molecule has 0 atom stereocenters. The van der Waals surface area contributed by atoms with Gasteiger partial charge in [-0.3, -0.25) is 14.6 Å². The highest BCUT2D eigenvalue weighted by Gasteiger charge is 2.29. The van der Waals surface area contributed by atoms with Crippen LogP contribution in [0.1, 0.15) is 11.6 Å². The predicted molar refractivity (Wildman–Crippen MR) is 45.1 cm³/mol. The second kappa shape index (κ2) is 4.01. The molecule has 0 saturated carbocycles. The maximum Gasteiger partial charge on any atom is 0.324 e. The zero-order valence-corrected chi connectivity index (χ0v) is 7.47. The number of carboxylic acid groups (broad SMARTS) is 2. The van der Waals surface area contributed by atoms with Crippen molar-refractivity contribution in [2.75, 3.05) is 0 Å². The van der Waals surface area contributed by atoms with Gasteiger partial charge in [-0.15, -0.1) is 0 Å². The van der Waals surface area contributed by atoms with E-state index in [1.165, 1.54) is 6.20 Å². The van der Waals surface area contributed by atoms with Crippen molar-refractivity contribution in [1.82, 2.24) is 9.97 Å². The molecule has 0 aliphatic heterocycles. The topological polar surface area (TPSA) is 100 Å². The molecule has 0 aliphatic carbocycles. The van der Waals surface area contributed by atoms with E-state index in [-0.39, 0.29) is 10.8 Å². The quantitative estimate of drug-likeness (QED) is 0.709. The molecule has 0 fully saturated rings. The lowest BCUT2D eigenvalue weighted by Crippen LogP contribution is -2.22. The Hall–Kier alpha value is -1.69. The summed E-state index contributed by atoms with van der Waals surface area (Å²) < 4.78 is 0. The molecule has 0 radical (unpaired) electrons. The minimum atomic E-state index is -1.74. The van der Waals surface area contributed by atoms with Gasteiger partial charge >= 0.3 is 11.9 Å². The Kier molecular flexibility index (Phi) is 2.98. The Morgan fingerprint density at radius 3 is 2.29 bits per heavy atom. The van der Waals surface area contributed by atoms with Crippen molar-refractivity contribution in [3.63, 3.8) is 0 Å². The number of halogens is 1. The van der Waals surface area contributed by atoms with Gasteiger partial charge < -0.3 is 10.2 Å². The summed E-state index contributed by atoms with van der Waals surface area (Å²) >= 11 is 5.44. The van der Waals surface area contributed by atoms with Crippen molar-refractivity contribution in [2.45, 2.75) is 5.92 Å². The third-order valence-electron chi connectivity index (χ3n) is 1.41. The molecule has 0 unspecified atom stereocenters. The first-order valence-electron chi connectivity index (χ1n) is 3.45. The van der Waals surface area contributed by atoms with Crippen LogP contribution >= 0.6 is 11.6 Å². The number of aliphatic carboxylic acids is 2. The minimum Gasteiger partial charge on any atom is -0.480 e. The van der Waals surface area contributed by atoms with Gasteiger partial charge in [-0.1, -0.05) is 11.6 Å². The lowest BCUT2D eigenvalue weighted by Gasteiger charge is -2.05. The Morgan fingerprint density at radius 2 is 1.86 bits per heavy atom. The van der Waals surface area contributed by atoms with Crippen LogP contribution in [0.15, 0.2) is 12.4 Å². The zero-order chi connectivity index (χ0) is 10.7. The van der Waals surface area contributed by atoms with Crippen molar-refractivity contribution in [2.24, 2.45) is 0 Å². The van der Waals surface area contributed by atoms with E-state index in [2.05, 4.69) is 9.97 Å². The third kappa shape index (κ3) is 2.17. The van der Waals surface area contributed by atoms with Gasteiger partial charge in [-0.2, -0.15) is 0 Å². The van der Waals surface area contributed by atoms with Crippen molar-refractivity contribution < 1.29 is 19.8 Å². The molecule has 0 spiro atoms. The van der Waals surface area contributed by atoms with Crippen LogP contribution in [0.4, 0.5) is 0 Å². The SMILES string of the molecule is O=C(O)C(C(=O)O)c1cncc(Cl)n1. The number of hydrogen-bond acceptors (Lipinski definition) is 4. The molecule has 0 amide bonds. The summed E-state index contributed by atoms with van der Waals surface area (Å²) in [5, 5.41) is 17.1. The number of nitrogens with zero attached hydrogens (tertiary/aromatic N) is 2. The average molecular weight is 217 g/mol. The third-order valence-corrected chi connectivity index (χ3v) is 1.60. The number of hydrogen-bond donors (Lipinski definition) is 2. The zero-order valence-electron chi connectivity index (χ0n) is 6.72. The Morgan fingerprint density at radius 1 is 1.29 bits per heavy atom. The molecule has 1 rings (SSSR count). The van der Waals surface area contributed by atoms with Gasteiger partial charge in [0.2, 0.25) is 0 Å². The Balaban J connectivity index is 3.12. The average Bonchev–Trinajstić information content (AvgIpc) is 2.02. The van der Waals surface area contributed by atoms with Gasteiger partial charge in [0, 0.05) is 6.20 Å². The van der Waals surface area contributed by atoms with Crippen LogP contribution in [-0.2, 0) is 9.59 Å². The van der Waals surface area contributed by atoms with Gasteiger partial charge in [0.25, 0.3) is 0 Å². The Labute approximate surface area is 83.2 Å². The van der Waals surface area contributed by atoms with Crippen LogP contribution in [-0.4, -0.2) is 32.1 Å². The van der Waals surface area contributed by atoms with E-state index in [4.69, 9.17) is 21.8 Å². The fourth-order valence-corrected chi connectivity index (χ4v) is 1.01. The monoisotopic (exact) mass is 216 g/mol. The number of aromatic nitrogens is 2. The number of carboxylic acids is 2. The lowest BCUT2D eigenvalue weighted by molar-refractivity contribution is -0.150. The molecular weight excluding hydrogens is 212 g/mol. The summed E-state index contributed by atoms with van der Waals surface area (Å²) in [6, 6.07) is 0. The van der Waals surface area contributed by atoms with E-state index in [0.717, 1.165) is 6.20 Å². The van der Waals surface area contributed by atoms with E-state index in [1.807, 2.05) is 0 Å². The molecule has 0 bridgehead atoms. The lowest BCUT2D eigenvalue weighted by atomic mass is 10.1. The highest BCUT2D eigenvalue weighted by atomic mass is 35.5. The van der Waals surface area contributed by atoms with Crippen molar-refractivity contribution >= 4 is 23.5 Å². The van der Waals surface area contributed by atoms with E-state index >= 15 is 0 Å². The molecule has 0 aromatic carbocycles. The highest BCUT2D eigenvalue weighted by molar-refractivity contribution is 6.29. The van der Waals surface area contributed by atoms with E-state index in [1.54, 1.807) is 0 Å². The largest absolute Gasteiger partial charge is 0.480 e. The van der Waals surface area contributed by atoms with Crippen LogP contribution in [0, 0.1) is 0 Å². The molecule has 0 saturated heterocycles. The smallest absolute Gasteiger partial charge is 0.324 e. The molecular formula is C7H5ClN2O4. The molecule has 1 heterocycles. The summed E-state index contributed by atoms with van der Waals surface area (Å²) in [7, 11) is 0. The highest BCUT2D eigenvalue weighted by Crippen LogP contribution is 2.14. The molecule has 1 aromatic heterocycles. The van der Waals surface area contributed by atoms with Crippen molar-refractivity contribution in [3.05, 3.63) is 23.2 Å². The van der Waals surface area contributed by atoms with Crippen molar-refractivity contribution in [3.8, 4) is 0 Å². The fourth-order valence-electron chi connectivity index (χ4n) is 0.854. The molecule has 6 nitrogen and oxygen atoms in total. The van der Waals surface area contributed by atoms with Gasteiger partial charge in [-0.05, 0) is 0 Å². The molecule has 0 aliphatic rings. The number of carbonyl (C=O) groups is 2. The molecule has 7 heteroatoms. The summed E-state index contributed by atoms with van der Waals surface area (Å²) in [6.45, 7) is 0. The standard InChI is InChI=1S/C7H5ClN2O4/c8-4-2-9-1-3(10-4)5(6(11)12)7(13)14/h1-2,5H,(H,11,12)(H,13,14). The fraction of sp³-hybridized carbons (Fsp3) is 0.143. The molecule has 2 N–H and O–H groups in total. The normalized spacial score (nSPS) is 10.1. The van der Waals surface area contributed by atoms with Crippen LogP contribution in [0.5, 0.6) is 0 Å². The van der Waals surface area contributed by atoms with Crippen molar-refractivity contribution in [1.29, 1.82) is 0 Å². The van der Waals surface area contributed by atoms with Gasteiger partial charge in [-0.25, -0.2) is 4.98 Å². The first-order valence-corrected chi connectivity index (χ1v) is 3.83. The van der Waals surface area contributed by atoms with Gasteiger partial charge in [0.15, 0.2) is 5.92 Å². The maximum atomic E-state index is 10.6. The van der Waals surface area contributed by atoms with Crippen LogP contribution in [0.25, 0.3) is 0 Å². The predicted octanol–water partition coefficient (Wildman–Crippen LogP) is 0.383. The maximum absolute atomic E-state index is 10.6. The molecule has 14 heavy (non-hydrogen) atoms. The summed E-state index contributed by atoms with van der Waals surface area (Å²) in [4.78, 5) is 28.2. The summed E-state index contributed by atoms with van der Waals surface area (Å²) in [5.74, 6) is -4.75. The van der Waals surface area contributed by atoms with E-state index in [9.17, 15) is 9.59 Å². The second-order valence-corrected chi connectivity index (χ2v) is 2.76. The van der Waals surface area contributed by atoms with Crippen LogP contribution in [0.2, 0.25) is 5.15 Å². The van der Waals surface area contributed by atoms with Gasteiger partial charge in [0.1, 0.15) is 5.15 Å². The van der Waals surface area contributed by atoms with Crippen LogP contribution < -0.4 is 0 Å². The van der Waals surface area contributed by atoms with E-state index < -0.39 is 17.9 Å². The molecule has 74 valence electrons. The summed E-state index contributed by atoms with van der Waals surface area (Å²) in [6.07, 6.45) is 2.24. The van der Waals surface area contributed by atoms with E-state index in [0.29, 0.717) is 0 Å². The Bertz CT molecular complexity index is 368. The summed E-state index contributed by atoms with van der Waals surface area (Å²) in [5.41, 5.74) is -0.197.